The van der Waals surface area contributed by atoms with Crippen LogP contribution in [-0.2, 0) is 0 Å². The summed E-state index contributed by atoms with van der Waals surface area (Å²) in [6.07, 6.45) is 0.826. The van der Waals surface area contributed by atoms with Gasteiger partial charge < -0.3 is 9.64 Å². The number of pyridine rings is 1. The summed E-state index contributed by atoms with van der Waals surface area (Å²) in [6.45, 7) is 1.43. The molecule has 3 aromatic carbocycles. The van der Waals surface area contributed by atoms with Crippen molar-refractivity contribution in [1.82, 2.24) is 14.9 Å². The summed E-state index contributed by atoms with van der Waals surface area (Å²) in [5.74, 6) is 0.700. The van der Waals surface area contributed by atoms with Gasteiger partial charge in [-0.25, -0.2) is 9.97 Å². The zero-order chi connectivity index (χ0) is 25.1. The molecular formula is C29H28N4O2S. The third kappa shape index (κ3) is 4.94. The van der Waals surface area contributed by atoms with Crippen LogP contribution < -0.4 is 9.64 Å². The molecule has 1 amide bonds. The van der Waals surface area contributed by atoms with E-state index in [2.05, 4.69) is 4.90 Å². The lowest BCUT2D eigenvalue weighted by atomic mass is 10.0. The maximum atomic E-state index is 14.2. The Balaban J connectivity index is 1.61. The van der Waals surface area contributed by atoms with Crippen LogP contribution in [0.15, 0.2) is 78.9 Å². The summed E-state index contributed by atoms with van der Waals surface area (Å²) in [5.41, 5.74) is 4.03. The maximum Gasteiger partial charge on any atom is 0.260 e. The Kier molecular flexibility index (Phi) is 6.93. The van der Waals surface area contributed by atoms with Gasteiger partial charge in [0.15, 0.2) is 5.13 Å². The molecule has 2 aromatic heterocycles. The van der Waals surface area contributed by atoms with Gasteiger partial charge in [0.2, 0.25) is 0 Å². The van der Waals surface area contributed by atoms with Crippen molar-refractivity contribution in [1.29, 1.82) is 0 Å². The number of ether oxygens (including phenoxy) is 1. The predicted molar refractivity (Wildman–Crippen MR) is 148 cm³/mol. The molecule has 5 rings (SSSR count). The Morgan fingerprint density at radius 1 is 0.889 bits per heavy atom. The minimum absolute atomic E-state index is 0.0736. The van der Waals surface area contributed by atoms with Crippen LogP contribution in [0, 0.1) is 0 Å². The number of para-hydroxylation sites is 1. The Morgan fingerprint density at radius 3 is 2.44 bits per heavy atom. The minimum Gasteiger partial charge on any atom is -0.497 e. The van der Waals surface area contributed by atoms with Crippen molar-refractivity contribution in [2.75, 3.05) is 39.2 Å². The monoisotopic (exact) mass is 496 g/mol. The van der Waals surface area contributed by atoms with E-state index in [-0.39, 0.29) is 5.91 Å². The molecular weight excluding hydrogens is 468 g/mol. The average molecular weight is 497 g/mol. The number of carbonyl (C=O) groups is 1. The molecule has 7 heteroatoms. The van der Waals surface area contributed by atoms with Gasteiger partial charge >= 0.3 is 0 Å². The van der Waals surface area contributed by atoms with E-state index in [0.717, 1.165) is 51.1 Å². The first kappa shape index (κ1) is 23.9. The fourth-order valence-electron chi connectivity index (χ4n) is 4.22. The molecule has 0 aliphatic rings. The standard InChI is InChI=1S/C29H28N4O2S/c1-32(2)16-9-17-33(29-31-25-15-14-21(35-3)18-27(25)36-29)28(34)23-19-26(20-10-5-4-6-11-20)30-24-13-8-7-12-22(23)24/h4-8,10-15,18-19H,9,16-17H2,1-3H3. The molecule has 182 valence electrons. The van der Waals surface area contributed by atoms with E-state index in [4.69, 9.17) is 14.7 Å². The first-order valence-electron chi connectivity index (χ1n) is 11.9. The van der Waals surface area contributed by atoms with Gasteiger partial charge in [0.25, 0.3) is 5.91 Å². The minimum atomic E-state index is -0.0736. The quantitative estimate of drug-likeness (QED) is 0.259. The highest BCUT2D eigenvalue weighted by atomic mass is 32.1. The van der Waals surface area contributed by atoms with E-state index in [0.29, 0.717) is 17.2 Å². The van der Waals surface area contributed by atoms with Crippen LogP contribution >= 0.6 is 11.3 Å². The van der Waals surface area contributed by atoms with Crippen LogP contribution in [0.2, 0.25) is 0 Å². The van der Waals surface area contributed by atoms with Gasteiger partial charge in [-0.3, -0.25) is 9.69 Å². The highest BCUT2D eigenvalue weighted by molar-refractivity contribution is 7.22. The number of hydrogen-bond acceptors (Lipinski definition) is 6. The first-order valence-corrected chi connectivity index (χ1v) is 12.7. The van der Waals surface area contributed by atoms with E-state index < -0.39 is 0 Å². The van der Waals surface area contributed by atoms with Crippen molar-refractivity contribution in [3.05, 3.63) is 84.4 Å². The fourth-order valence-corrected chi connectivity index (χ4v) is 5.24. The lowest BCUT2D eigenvalue weighted by Crippen LogP contribution is -2.33. The highest BCUT2D eigenvalue weighted by Crippen LogP contribution is 2.33. The Labute approximate surface area is 214 Å². The highest BCUT2D eigenvalue weighted by Gasteiger charge is 2.24. The number of nitrogens with zero attached hydrogens (tertiary/aromatic N) is 4. The smallest absolute Gasteiger partial charge is 0.260 e. The maximum absolute atomic E-state index is 14.2. The molecule has 0 atom stereocenters. The lowest BCUT2D eigenvalue weighted by Gasteiger charge is -2.22. The lowest BCUT2D eigenvalue weighted by molar-refractivity contribution is 0.0987. The zero-order valence-electron chi connectivity index (χ0n) is 20.6. The normalized spacial score (nSPS) is 11.3. The van der Waals surface area contributed by atoms with Gasteiger partial charge in [-0.15, -0.1) is 0 Å². The van der Waals surface area contributed by atoms with Gasteiger partial charge in [-0.1, -0.05) is 59.9 Å². The number of rotatable bonds is 8. The number of benzene rings is 3. The van der Waals surface area contributed by atoms with Crippen LogP contribution in [0.4, 0.5) is 5.13 Å². The van der Waals surface area contributed by atoms with Crippen LogP contribution in [0.3, 0.4) is 0 Å². The molecule has 36 heavy (non-hydrogen) atoms. The van der Waals surface area contributed by atoms with Crippen LogP contribution in [0.25, 0.3) is 32.4 Å². The van der Waals surface area contributed by atoms with Crippen LogP contribution in [0.1, 0.15) is 16.8 Å². The van der Waals surface area contributed by atoms with E-state index in [1.807, 2.05) is 97.9 Å². The number of methoxy groups -OCH3 is 1. The number of amides is 1. The fraction of sp³-hybridized carbons (Fsp3) is 0.207. The molecule has 0 saturated heterocycles. The van der Waals surface area contributed by atoms with Crippen molar-refractivity contribution >= 4 is 43.5 Å². The van der Waals surface area contributed by atoms with Gasteiger partial charge in [0.05, 0.1) is 34.1 Å². The number of aromatic nitrogens is 2. The third-order valence-electron chi connectivity index (χ3n) is 6.06. The molecule has 0 fully saturated rings. The van der Waals surface area contributed by atoms with Crippen LogP contribution in [-0.4, -0.2) is 55.1 Å². The van der Waals surface area contributed by atoms with Crippen molar-refractivity contribution in [3.63, 3.8) is 0 Å². The van der Waals surface area contributed by atoms with E-state index >= 15 is 0 Å². The molecule has 5 aromatic rings. The number of thiazole rings is 1. The topological polar surface area (TPSA) is 58.6 Å². The molecule has 0 aliphatic carbocycles. The second-order valence-electron chi connectivity index (χ2n) is 8.88. The largest absolute Gasteiger partial charge is 0.497 e. The number of hydrogen-bond donors (Lipinski definition) is 0. The number of carbonyl (C=O) groups excluding carboxylic acids is 1. The van der Waals surface area contributed by atoms with Crippen molar-refractivity contribution in [2.24, 2.45) is 0 Å². The Bertz CT molecular complexity index is 1510. The molecule has 0 N–H and O–H groups in total. The third-order valence-corrected chi connectivity index (χ3v) is 7.10. The van der Waals surface area contributed by atoms with Crippen molar-refractivity contribution < 1.29 is 9.53 Å². The van der Waals surface area contributed by atoms with E-state index in [1.165, 1.54) is 11.3 Å². The summed E-state index contributed by atoms with van der Waals surface area (Å²) in [4.78, 5) is 27.9. The number of fused-ring (bicyclic) bond motifs is 2. The van der Waals surface area contributed by atoms with Gasteiger partial charge in [-0.2, -0.15) is 0 Å². The van der Waals surface area contributed by atoms with Gasteiger partial charge in [0.1, 0.15) is 5.75 Å². The molecule has 0 saturated carbocycles. The molecule has 0 unspecified atom stereocenters. The zero-order valence-corrected chi connectivity index (χ0v) is 21.5. The summed E-state index contributed by atoms with van der Waals surface area (Å²) in [7, 11) is 5.73. The van der Waals surface area contributed by atoms with Crippen molar-refractivity contribution in [2.45, 2.75) is 6.42 Å². The molecule has 0 aliphatic heterocycles. The Morgan fingerprint density at radius 2 is 1.67 bits per heavy atom. The number of anilines is 1. The summed E-state index contributed by atoms with van der Waals surface area (Å²) in [5, 5.41) is 1.52. The van der Waals surface area contributed by atoms with Crippen LogP contribution in [0.5, 0.6) is 5.75 Å². The Hall–Kier alpha value is -3.81. The summed E-state index contributed by atoms with van der Waals surface area (Å²) < 4.78 is 6.37. The van der Waals surface area contributed by atoms with E-state index in [9.17, 15) is 4.79 Å². The summed E-state index contributed by atoms with van der Waals surface area (Å²) in [6, 6.07) is 25.5. The molecule has 0 spiro atoms. The molecule has 0 radical (unpaired) electrons. The second-order valence-corrected chi connectivity index (χ2v) is 9.89. The predicted octanol–water partition coefficient (Wildman–Crippen LogP) is 6.12. The van der Waals surface area contributed by atoms with Gasteiger partial charge in [0, 0.05) is 17.5 Å². The SMILES string of the molecule is COc1ccc2nc(N(CCCN(C)C)C(=O)c3cc(-c4ccccc4)nc4ccccc34)sc2c1. The molecule has 6 nitrogen and oxygen atoms in total. The molecule has 2 heterocycles. The van der Waals surface area contributed by atoms with Crippen molar-refractivity contribution in [3.8, 4) is 17.0 Å². The second kappa shape index (κ2) is 10.4. The molecule has 0 bridgehead atoms. The first-order chi connectivity index (χ1) is 17.5. The van der Waals surface area contributed by atoms with E-state index in [1.54, 1.807) is 7.11 Å². The van der Waals surface area contributed by atoms with Gasteiger partial charge in [-0.05, 0) is 57.4 Å². The average Bonchev–Trinajstić information content (AvgIpc) is 3.33. The summed E-state index contributed by atoms with van der Waals surface area (Å²) >= 11 is 1.51.